The molecule has 2 aromatic carbocycles. The molecule has 0 saturated heterocycles. The summed E-state index contributed by atoms with van der Waals surface area (Å²) in [7, 11) is 1.55. The van der Waals surface area contributed by atoms with E-state index in [2.05, 4.69) is 10.5 Å². The summed E-state index contributed by atoms with van der Waals surface area (Å²) in [6, 6.07) is 14.4. The second-order valence-electron chi connectivity index (χ2n) is 6.79. The molecule has 0 atom stereocenters. The second-order valence-corrected chi connectivity index (χ2v) is 7.22. The minimum absolute atomic E-state index is 0.188. The zero-order chi connectivity index (χ0) is 21.3. The Balaban J connectivity index is 1.71. The van der Waals surface area contributed by atoms with Crippen LogP contribution >= 0.6 is 11.6 Å². The number of fused-ring (bicyclic) bond motifs is 1. The molecular weight excluding hydrogens is 406 g/mol. The monoisotopic (exact) mass is 423 g/mol. The number of anilines is 1. The van der Waals surface area contributed by atoms with Gasteiger partial charge in [-0.1, -0.05) is 28.9 Å². The van der Waals surface area contributed by atoms with Gasteiger partial charge in [0.1, 0.15) is 11.5 Å². The molecule has 0 aliphatic rings. The Hall–Kier alpha value is -3.58. The summed E-state index contributed by atoms with van der Waals surface area (Å²) < 4.78 is 12.1. The van der Waals surface area contributed by atoms with Crippen LogP contribution in [0.2, 0.25) is 5.02 Å². The minimum Gasteiger partial charge on any atom is -0.497 e. The molecule has 30 heavy (non-hydrogen) atoms. The van der Waals surface area contributed by atoms with Crippen molar-refractivity contribution in [2.75, 3.05) is 12.4 Å². The zero-order valence-corrected chi connectivity index (χ0v) is 17.1. The van der Waals surface area contributed by atoms with Gasteiger partial charge in [0.25, 0.3) is 11.7 Å². The Morgan fingerprint density at radius 1 is 1.17 bits per heavy atom. The average Bonchev–Trinajstić information content (AvgIpc) is 3.31. The van der Waals surface area contributed by atoms with Crippen LogP contribution in [0, 0.1) is 6.92 Å². The smallest absolute Gasteiger partial charge is 0.298 e. The number of methoxy groups -OCH3 is 1. The number of aromatic nitrogens is 2. The summed E-state index contributed by atoms with van der Waals surface area (Å²) in [5.41, 5.74) is 2.09. The summed E-state index contributed by atoms with van der Waals surface area (Å²) in [5, 5.41) is 7.44. The van der Waals surface area contributed by atoms with E-state index in [0.717, 1.165) is 11.1 Å². The molecule has 0 fully saturated rings. The van der Waals surface area contributed by atoms with Gasteiger partial charge in [-0.15, -0.1) is 0 Å². The number of halogens is 1. The van der Waals surface area contributed by atoms with Crippen molar-refractivity contribution in [3.63, 3.8) is 0 Å². The summed E-state index contributed by atoms with van der Waals surface area (Å²) in [4.78, 5) is 25.5. The molecule has 7 nitrogen and oxygen atoms in total. The first kappa shape index (κ1) is 19.7. The van der Waals surface area contributed by atoms with Gasteiger partial charge in [0.2, 0.25) is 0 Å². The van der Waals surface area contributed by atoms with Gasteiger partial charge in [-0.3, -0.25) is 9.59 Å². The number of nitrogens with zero attached hydrogens (tertiary/aromatic N) is 2. The summed E-state index contributed by atoms with van der Waals surface area (Å²) in [5.74, 6) is -0.163. The van der Waals surface area contributed by atoms with Crippen molar-refractivity contribution < 1.29 is 18.8 Å². The molecule has 4 rings (SSSR count). The lowest BCUT2D eigenvalue weighted by molar-refractivity contribution is -0.112. The molecule has 1 amide bonds. The molecule has 1 N–H and O–H groups in total. The number of benzene rings is 2. The highest BCUT2D eigenvalue weighted by atomic mass is 35.5. The number of carbonyl (C=O) groups excluding carboxylic acids is 2. The minimum atomic E-state index is -0.795. The van der Waals surface area contributed by atoms with E-state index in [1.807, 2.05) is 41.0 Å². The molecule has 2 heterocycles. The van der Waals surface area contributed by atoms with Crippen molar-refractivity contribution >= 4 is 40.0 Å². The number of Topliss-reactive ketones (excluding diaryl/α,β-unsaturated/α-hetero) is 1. The Kier molecular flexibility index (Phi) is 5.29. The van der Waals surface area contributed by atoms with Crippen molar-refractivity contribution in [3.8, 4) is 5.75 Å². The van der Waals surface area contributed by atoms with Crippen molar-refractivity contribution in [1.82, 2.24) is 9.72 Å². The third-order valence-electron chi connectivity index (χ3n) is 4.67. The maximum absolute atomic E-state index is 12.9. The SMILES string of the molecule is COc1ccc2c(c1)c(C(=O)C(=O)Nc1cc(C)on1)cn2Cc1ccc(Cl)cc1. The van der Waals surface area contributed by atoms with Gasteiger partial charge in [0.05, 0.1) is 12.7 Å². The Bertz CT molecular complexity index is 1240. The first-order valence-electron chi connectivity index (χ1n) is 9.15. The number of hydrogen-bond donors (Lipinski definition) is 1. The predicted molar refractivity (Wildman–Crippen MR) is 113 cm³/mol. The fourth-order valence-corrected chi connectivity index (χ4v) is 3.35. The van der Waals surface area contributed by atoms with Crippen molar-refractivity contribution in [2.24, 2.45) is 0 Å². The lowest BCUT2D eigenvalue weighted by atomic mass is 10.1. The maximum Gasteiger partial charge on any atom is 0.298 e. The fraction of sp³-hybridized carbons (Fsp3) is 0.136. The number of carbonyl (C=O) groups is 2. The number of ether oxygens (including phenoxy) is 1. The highest BCUT2D eigenvalue weighted by Crippen LogP contribution is 2.28. The Morgan fingerprint density at radius 2 is 1.93 bits per heavy atom. The zero-order valence-electron chi connectivity index (χ0n) is 16.3. The maximum atomic E-state index is 12.9. The van der Waals surface area contributed by atoms with Crippen LogP contribution in [0.15, 0.2) is 59.3 Å². The molecule has 0 spiro atoms. The quantitative estimate of drug-likeness (QED) is 0.365. The third kappa shape index (κ3) is 3.92. The topological polar surface area (TPSA) is 86.4 Å². The predicted octanol–water partition coefficient (Wildman–Crippen LogP) is 4.47. The van der Waals surface area contributed by atoms with Crippen LogP contribution in [-0.2, 0) is 11.3 Å². The standard InChI is InChI=1S/C22H18ClN3O4/c1-13-9-20(25-30-13)24-22(28)21(27)18-12-26(11-14-3-5-15(23)6-4-14)19-8-7-16(29-2)10-17(18)19/h3-10,12H,11H2,1-2H3,(H,24,25,28). The first-order valence-corrected chi connectivity index (χ1v) is 9.52. The number of nitrogens with one attached hydrogen (secondary N) is 1. The lowest BCUT2D eigenvalue weighted by Crippen LogP contribution is -2.22. The summed E-state index contributed by atoms with van der Waals surface area (Å²) >= 11 is 5.97. The van der Waals surface area contributed by atoms with Crippen molar-refractivity contribution in [3.05, 3.63) is 76.6 Å². The number of aryl methyl sites for hydroxylation is 1. The van der Waals surface area contributed by atoms with Gasteiger partial charge in [-0.25, -0.2) is 0 Å². The van der Waals surface area contributed by atoms with Crippen LogP contribution in [0.25, 0.3) is 10.9 Å². The molecule has 0 aliphatic heterocycles. The lowest BCUT2D eigenvalue weighted by Gasteiger charge is -2.06. The van der Waals surface area contributed by atoms with E-state index in [1.165, 1.54) is 6.07 Å². The molecule has 0 saturated carbocycles. The number of rotatable bonds is 6. The largest absolute Gasteiger partial charge is 0.497 e. The Labute approximate surface area is 177 Å². The number of amides is 1. The molecule has 152 valence electrons. The van der Waals surface area contributed by atoms with E-state index in [0.29, 0.717) is 28.5 Å². The van der Waals surface area contributed by atoms with E-state index in [9.17, 15) is 9.59 Å². The van der Waals surface area contributed by atoms with E-state index in [1.54, 1.807) is 26.3 Å². The number of hydrogen-bond acceptors (Lipinski definition) is 5. The molecule has 8 heteroatoms. The molecule has 2 aromatic heterocycles. The van der Waals surface area contributed by atoms with Crippen molar-refractivity contribution in [2.45, 2.75) is 13.5 Å². The first-order chi connectivity index (χ1) is 14.4. The van der Waals surface area contributed by atoms with Crippen LogP contribution in [0.5, 0.6) is 5.75 Å². The summed E-state index contributed by atoms with van der Waals surface area (Å²) in [6.07, 6.45) is 1.68. The van der Waals surface area contributed by atoms with Crippen LogP contribution < -0.4 is 10.1 Å². The van der Waals surface area contributed by atoms with Crippen LogP contribution in [0.3, 0.4) is 0 Å². The molecule has 0 aliphatic carbocycles. The van der Waals surface area contributed by atoms with Gasteiger partial charge < -0.3 is 19.1 Å². The van der Waals surface area contributed by atoms with Gasteiger partial charge in [0.15, 0.2) is 5.82 Å². The second kappa shape index (κ2) is 8.04. The van der Waals surface area contributed by atoms with Crippen molar-refractivity contribution in [1.29, 1.82) is 0 Å². The Morgan fingerprint density at radius 3 is 2.60 bits per heavy atom. The highest BCUT2D eigenvalue weighted by molar-refractivity contribution is 6.48. The van der Waals surface area contributed by atoms with Crippen LogP contribution in [0.1, 0.15) is 21.7 Å². The van der Waals surface area contributed by atoms with Gasteiger partial charge in [0, 0.05) is 34.7 Å². The van der Waals surface area contributed by atoms with Gasteiger partial charge in [-0.2, -0.15) is 0 Å². The average molecular weight is 424 g/mol. The fourth-order valence-electron chi connectivity index (χ4n) is 3.22. The molecule has 0 bridgehead atoms. The third-order valence-corrected chi connectivity index (χ3v) is 4.93. The van der Waals surface area contributed by atoms with E-state index >= 15 is 0 Å². The van der Waals surface area contributed by atoms with E-state index < -0.39 is 11.7 Å². The molecule has 0 unspecified atom stereocenters. The van der Waals surface area contributed by atoms with Gasteiger partial charge in [-0.05, 0) is 42.8 Å². The molecule has 4 aromatic rings. The van der Waals surface area contributed by atoms with E-state index in [4.69, 9.17) is 20.9 Å². The number of ketones is 1. The van der Waals surface area contributed by atoms with Gasteiger partial charge >= 0.3 is 0 Å². The molecule has 0 radical (unpaired) electrons. The normalized spacial score (nSPS) is 10.9. The highest BCUT2D eigenvalue weighted by Gasteiger charge is 2.23. The summed E-state index contributed by atoms with van der Waals surface area (Å²) in [6.45, 7) is 2.21. The van der Waals surface area contributed by atoms with Crippen LogP contribution in [0.4, 0.5) is 5.82 Å². The molecular formula is C22H18ClN3O4. The van der Waals surface area contributed by atoms with Crippen LogP contribution in [-0.4, -0.2) is 28.5 Å². The van der Waals surface area contributed by atoms with E-state index in [-0.39, 0.29) is 11.4 Å².